The number of fused-ring (bicyclic) bond motifs is 1. The second-order valence-corrected chi connectivity index (χ2v) is 8.86. The van der Waals surface area contributed by atoms with Gasteiger partial charge in [0.2, 0.25) is 0 Å². The Hall–Kier alpha value is -3.06. The van der Waals surface area contributed by atoms with Crippen LogP contribution in [0.25, 0.3) is 10.8 Å². The van der Waals surface area contributed by atoms with Gasteiger partial charge in [0.25, 0.3) is 20.2 Å². The third kappa shape index (κ3) is 4.05. The maximum Gasteiger partial charge on any atom is 0.296 e. The van der Waals surface area contributed by atoms with Crippen LogP contribution in [0.1, 0.15) is 5.56 Å². The molecule has 0 amide bonds. The minimum atomic E-state index is -4.93. The van der Waals surface area contributed by atoms with E-state index in [1.165, 1.54) is 0 Å². The third-order valence-electron chi connectivity index (χ3n) is 4.05. The Morgan fingerprint density at radius 3 is 2.10 bits per heavy atom. The van der Waals surface area contributed by atoms with Gasteiger partial charge in [-0.3, -0.25) is 9.11 Å². The van der Waals surface area contributed by atoms with Gasteiger partial charge >= 0.3 is 0 Å². The first kappa shape index (κ1) is 20.7. The fourth-order valence-electron chi connectivity index (χ4n) is 2.66. The molecule has 0 unspecified atom stereocenters. The van der Waals surface area contributed by atoms with Crippen molar-refractivity contribution < 1.29 is 36.2 Å². The van der Waals surface area contributed by atoms with Crippen molar-refractivity contribution in [3.8, 4) is 11.5 Å². The standard InChI is InChI=1S/C17H14N2O8S2/c1-9-4-2-3-5-12(9)18-19-16-14(29(25,26)27)7-10-6-11(28(22,23)24)8-13(20)15(10)17(16)21/h2-8,20-21H,1H3,(H,22,23,24)(H,25,26,27). The van der Waals surface area contributed by atoms with Crippen molar-refractivity contribution in [1.29, 1.82) is 0 Å². The van der Waals surface area contributed by atoms with Crippen molar-refractivity contribution >= 4 is 42.4 Å². The molecule has 0 fully saturated rings. The van der Waals surface area contributed by atoms with Crippen molar-refractivity contribution in [2.24, 2.45) is 10.2 Å². The maximum atomic E-state index is 11.8. The van der Waals surface area contributed by atoms with E-state index >= 15 is 0 Å². The smallest absolute Gasteiger partial charge is 0.296 e. The van der Waals surface area contributed by atoms with Crippen molar-refractivity contribution in [3.05, 3.63) is 48.0 Å². The molecule has 0 radical (unpaired) electrons. The van der Waals surface area contributed by atoms with E-state index in [0.717, 1.165) is 12.1 Å². The van der Waals surface area contributed by atoms with E-state index in [1.54, 1.807) is 31.2 Å². The van der Waals surface area contributed by atoms with Gasteiger partial charge in [-0.1, -0.05) is 18.2 Å². The first-order valence-electron chi connectivity index (χ1n) is 7.84. The van der Waals surface area contributed by atoms with E-state index in [0.29, 0.717) is 17.3 Å². The van der Waals surface area contributed by atoms with E-state index in [4.69, 9.17) is 4.55 Å². The van der Waals surface area contributed by atoms with Crippen molar-refractivity contribution in [2.75, 3.05) is 0 Å². The molecular weight excluding hydrogens is 424 g/mol. The molecule has 0 aliphatic rings. The minimum Gasteiger partial charge on any atom is -0.507 e. The van der Waals surface area contributed by atoms with Gasteiger partial charge in [0.05, 0.1) is 16.0 Å². The molecule has 0 heterocycles. The van der Waals surface area contributed by atoms with Crippen LogP contribution in [-0.2, 0) is 20.2 Å². The number of aromatic hydroxyl groups is 2. The molecule has 152 valence electrons. The molecular formula is C17H14N2O8S2. The van der Waals surface area contributed by atoms with Crippen LogP contribution in [-0.4, -0.2) is 36.2 Å². The van der Waals surface area contributed by atoms with Crippen molar-refractivity contribution in [3.63, 3.8) is 0 Å². The number of nitrogens with zero attached hydrogens (tertiary/aromatic N) is 2. The Morgan fingerprint density at radius 2 is 1.52 bits per heavy atom. The summed E-state index contributed by atoms with van der Waals surface area (Å²) in [5.41, 5.74) is 0.406. The van der Waals surface area contributed by atoms with E-state index < -0.39 is 47.2 Å². The summed E-state index contributed by atoms with van der Waals surface area (Å²) >= 11 is 0. The molecule has 0 aromatic heterocycles. The average Bonchev–Trinajstić information content (AvgIpc) is 2.60. The summed E-state index contributed by atoms with van der Waals surface area (Å²) in [4.78, 5) is -1.61. The van der Waals surface area contributed by atoms with Crippen molar-refractivity contribution in [2.45, 2.75) is 16.7 Å². The Labute approximate surface area is 165 Å². The fourth-order valence-corrected chi connectivity index (χ4v) is 3.85. The molecule has 3 rings (SSSR count). The Balaban J connectivity index is 2.36. The molecule has 0 bridgehead atoms. The summed E-state index contributed by atoms with van der Waals surface area (Å²) in [6, 6.07) is 9.00. The number of hydrogen-bond acceptors (Lipinski definition) is 8. The molecule has 0 spiro atoms. The molecule has 3 aromatic rings. The summed E-state index contributed by atoms with van der Waals surface area (Å²) in [5, 5.41) is 27.6. The highest BCUT2D eigenvalue weighted by molar-refractivity contribution is 7.86. The largest absolute Gasteiger partial charge is 0.507 e. The number of aryl methyl sites for hydroxylation is 1. The molecule has 29 heavy (non-hydrogen) atoms. The van der Waals surface area contributed by atoms with Crippen LogP contribution in [0.4, 0.5) is 11.4 Å². The zero-order chi connectivity index (χ0) is 21.6. The normalized spacial score (nSPS) is 12.7. The van der Waals surface area contributed by atoms with Crippen LogP contribution in [0.3, 0.4) is 0 Å². The lowest BCUT2D eigenvalue weighted by Gasteiger charge is -2.11. The maximum absolute atomic E-state index is 11.8. The van der Waals surface area contributed by atoms with Gasteiger partial charge in [-0.15, -0.1) is 5.11 Å². The number of hydrogen-bond donors (Lipinski definition) is 4. The van der Waals surface area contributed by atoms with Gasteiger partial charge in [-0.05, 0) is 36.1 Å². The van der Waals surface area contributed by atoms with Gasteiger partial charge in [0, 0.05) is 6.07 Å². The van der Waals surface area contributed by atoms with Crippen LogP contribution in [0.5, 0.6) is 11.5 Å². The Morgan fingerprint density at radius 1 is 0.862 bits per heavy atom. The van der Waals surface area contributed by atoms with Gasteiger partial charge in [-0.2, -0.15) is 21.9 Å². The Bertz CT molecular complexity index is 1380. The quantitative estimate of drug-likeness (QED) is 0.354. The lowest BCUT2D eigenvalue weighted by molar-refractivity contribution is 0.457. The summed E-state index contributed by atoms with van der Waals surface area (Å²) in [5.74, 6) is -1.62. The average molecular weight is 438 g/mol. The number of phenolic OH excluding ortho intramolecular Hbond substituents is 2. The van der Waals surface area contributed by atoms with Gasteiger partial charge < -0.3 is 10.2 Å². The van der Waals surface area contributed by atoms with E-state index in [1.807, 2.05) is 0 Å². The number of rotatable bonds is 4. The van der Waals surface area contributed by atoms with Crippen molar-refractivity contribution in [1.82, 2.24) is 0 Å². The van der Waals surface area contributed by atoms with Crippen LogP contribution in [0, 0.1) is 6.92 Å². The number of phenols is 2. The summed E-state index contributed by atoms with van der Waals surface area (Å²) in [6.45, 7) is 1.72. The molecule has 12 heteroatoms. The second kappa shape index (κ2) is 7.08. The summed E-state index contributed by atoms with van der Waals surface area (Å²) in [7, 11) is -9.67. The molecule has 0 aliphatic carbocycles. The van der Waals surface area contributed by atoms with E-state index in [9.17, 15) is 31.6 Å². The zero-order valence-electron chi connectivity index (χ0n) is 14.7. The fraction of sp³-hybridized carbons (Fsp3) is 0.0588. The predicted octanol–water partition coefficient (Wildman–Crippen LogP) is 3.47. The predicted molar refractivity (Wildman–Crippen MR) is 102 cm³/mol. The van der Waals surface area contributed by atoms with Crippen LogP contribution < -0.4 is 0 Å². The molecule has 0 aliphatic heterocycles. The molecule has 0 saturated carbocycles. The molecule has 0 atom stereocenters. The third-order valence-corrected chi connectivity index (χ3v) is 5.75. The molecule has 10 nitrogen and oxygen atoms in total. The Kier molecular flexibility index (Phi) is 5.04. The highest BCUT2D eigenvalue weighted by Crippen LogP contribution is 2.45. The first-order valence-corrected chi connectivity index (χ1v) is 10.7. The molecule has 3 aromatic carbocycles. The van der Waals surface area contributed by atoms with Gasteiger partial charge in [0.15, 0.2) is 5.75 Å². The number of benzene rings is 3. The topological polar surface area (TPSA) is 174 Å². The lowest BCUT2D eigenvalue weighted by atomic mass is 10.1. The van der Waals surface area contributed by atoms with Gasteiger partial charge in [-0.25, -0.2) is 0 Å². The zero-order valence-corrected chi connectivity index (χ0v) is 16.3. The van der Waals surface area contributed by atoms with Gasteiger partial charge in [0.1, 0.15) is 16.3 Å². The van der Waals surface area contributed by atoms with E-state index in [2.05, 4.69) is 10.2 Å². The first-order chi connectivity index (χ1) is 13.4. The van der Waals surface area contributed by atoms with Crippen LogP contribution >= 0.6 is 0 Å². The minimum absolute atomic E-state index is 0.280. The molecule has 0 saturated heterocycles. The SMILES string of the molecule is Cc1ccccc1N=Nc1c(S(=O)(=O)O)cc2cc(S(=O)(=O)O)cc(O)c2c1O. The van der Waals surface area contributed by atoms with Crippen LogP contribution in [0.2, 0.25) is 0 Å². The summed E-state index contributed by atoms with van der Waals surface area (Å²) in [6.07, 6.45) is 0. The second-order valence-electron chi connectivity index (χ2n) is 6.05. The monoisotopic (exact) mass is 438 g/mol. The highest BCUT2D eigenvalue weighted by Gasteiger charge is 2.25. The summed E-state index contributed by atoms with van der Waals surface area (Å²) < 4.78 is 65.0. The molecule has 4 N–H and O–H groups in total. The van der Waals surface area contributed by atoms with Crippen LogP contribution in [0.15, 0.2) is 62.5 Å². The lowest BCUT2D eigenvalue weighted by Crippen LogP contribution is -2.01. The highest BCUT2D eigenvalue weighted by atomic mass is 32.2. The number of azo groups is 1. The van der Waals surface area contributed by atoms with E-state index in [-0.39, 0.29) is 10.8 Å².